The van der Waals surface area contributed by atoms with Crippen molar-refractivity contribution in [3.05, 3.63) is 12.7 Å². The van der Waals surface area contributed by atoms with Crippen LogP contribution in [0.5, 0.6) is 0 Å². The molecule has 0 aliphatic carbocycles. The van der Waals surface area contributed by atoms with Gasteiger partial charge in [0.05, 0.1) is 6.61 Å². The minimum absolute atomic E-state index is 0.159. The van der Waals surface area contributed by atoms with Gasteiger partial charge in [0.15, 0.2) is 0 Å². The zero-order chi connectivity index (χ0) is 5.54. The van der Waals surface area contributed by atoms with Crippen LogP contribution in [0, 0.1) is 0 Å². The molecule has 42 valence electrons. The molecule has 0 bridgehead atoms. The predicted octanol–water partition coefficient (Wildman–Crippen LogP) is -0.357. The molecular weight excluding hydrogens is 94.0 g/mol. The Hall–Kier alpha value is -0.380. The molecule has 3 heteroatoms. The van der Waals surface area contributed by atoms with E-state index >= 15 is 0 Å². The van der Waals surface area contributed by atoms with Crippen LogP contribution >= 0.6 is 0 Å². The van der Waals surface area contributed by atoms with Crippen LogP contribution in [0.2, 0.25) is 0 Å². The second-order valence-corrected chi connectivity index (χ2v) is 0.902. The average Bonchev–Trinajstić information content (AvgIpc) is 1.69. The van der Waals surface area contributed by atoms with E-state index in [2.05, 4.69) is 16.9 Å². The first-order valence-electron chi connectivity index (χ1n) is 1.98. The Bertz CT molecular complexity index is 47.0. The number of aliphatic hydroxyl groups is 1. The van der Waals surface area contributed by atoms with Crippen molar-refractivity contribution in [1.29, 1.82) is 0 Å². The van der Waals surface area contributed by atoms with Crippen molar-refractivity contribution in [1.82, 2.24) is 5.48 Å². The lowest BCUT2D eigenvalue weighted by atomic mass is 10.7. The van der Waals surface area contributed by atoms with Crippen LogP contribution in [0.4, 0.5) is 0 Å². The van der Waals surface area contributed by atoms with Gasteiger partial charge in [-0.2, -0.15) is 5.48 Å². The zero-order valence-corrected chi connectivity index (χ0v) is 4.05. The summed E-state index contributed by atoms with van der Waals surface area (Å²) in [5.74, 6) is 0. The molecule has 7 heavy (non-hydrogen) atoms. The van der Waals surface area contributed by atoms with Crippen molar-refractivity contribution < 1.29 is 9.94 Å². The van der Waals surface area contributed by atoms with Crippen LogP contribution in [-0.4, -0.2) is 18.4 Å². The summed E-state index contributed by atoms with van der Waals surface area (Å²) in [5.41, 5.74) is 2.23. The lowest BCUT2D eigenvalue weighted by Crippen LogP contribution is -2.14. The monoisotopic (exact) mass is 103 g/mol. The molecule has 0 saturated carbocycles. The fraction of sp³-hybridized carbons (Fsp3) is 0.500. The van der Waals surface area contributed by atoms with E-state index in [1.807, 2.05) is 0 Å². The smallest absolute Gasteiger partial charge is 0.116 e. The Morgan fingerprint density at radius 3 is 3.00 bits per heavy atom. The van der Waals surface area contributed by atoms with Crippen LogP contribution in [0.3, 0.4) is 0 Å². The highest BCUT2D eigenvalue weighted by Gasteiger charge is 1.72. The van der Waals surface area contributed by atoms with Crippen LogP contribution in [-0.2, 0) is 4.84 Å². The van der Waals surface area contributed by atoms with Crippen LogP contribution in [0.1, 0.15) is 0 Å². The number of aliphatic hydroxyl groups excluding tert-OH is 1. The molecule has 0 amide bonds. The third-order valence-electron chi connectivity index (χ3n) is 0.368. The molecule has 2 N–H and O–H groups in total. The van der Waals surface area contributed by atoms with Crippen molar-refractivity contribution in [3.63, 3.8) is 0 Å². The lowest BCUT2D eigenvalue weighted by Gasteiger charge is -1.94. The van der Waals surface area contributed by atoms with Gasteiger partial charge in [0.25, 0.3) is 0 Å². The van der Waals surface area contributed by atoms with E-state index in [4.69, 9.17) is 5.11 Å². The molecule has 3 nitrogen and oxygen atoms in total. The summed E-state index contributed by atoms with van der Waals surface area (Å²) in [5, 5.41) is 8.02. The van der Waals surface area contributed by atoms with Crippen LogP contribution < -0.4 is 5.48 Å². The largest absolute Gasteiger partial charge is 0.379 e. The lowest BCUT2D eigenvalue weighted by molar-refractivity contribution is 0.0108. The standard InChI is InChI=1S/C4H9NO2/c1-2-3-7-5-4-6/h2,5-6H,1,3-4H2. The normalized spacial score (nSPS) is 8.71. The van der Waals surface area contributed by atoms with Gasteiger partial charge in [-0.05, 0) is 0 Å². The van der Waals surface area contributed by atoms with Crippen molar-refractivity contribution in [2.75, 3.05) is 13.3 Å². The van der Waals surface area contributed by atoms with Gasteiger partial charge in [0.1, 0.15) is 6.73 Å². The second-order valence-electron chi connectivity index (χ2n) is 0.902. The first-order valence-corrected chi connectivity index (χ1v) is 1.98. The summed E-state index contributed by atoms with van der Waals surface area (Å²) in [6.07, 6.45) is 1.59. The van der Waals surface area contributed by atoms with E-state index in [9.17, 15) is 0 Å². The summed E-state index contributed by atoms with van der Waals surface area (Å²) in [6.45, 7) is 3.64. The van der Waals surface area contributed by atoms with Crippen molar-refractivity contribution in [2.24, 2.45) is 0 Å². The SMILES string of the molecule is C=CCONCO. The van der Waals surface area contributed by atoms with Gasteiger partial charge in [0, 0.05) is 0 Å². The molecule has 0 rings (SSSR count). The molecule has 0 aromatic carbocycles. The molecule has 0 spiro atoms. The maximum Gasteiger partial charge on any atom is 0.116 e. The van der Waals surface area contributed by atoms with Crippen LogP contribution in [0.15, 0.2) is 12.7 Å². The average molecular weight is 103 g/mol. The minimum Gasteiger partial charge on any atom is -0.379 e. The number of nitrogens with one attached hydrogen (secondary N) is 1. The molecule has 0 radical (unpaired) electrons. The van der Waals surface area contributed by atoms with E-state index in [0.29, 0.717) is 6.61 Å². The van der Waals surface area contributed by atoms with E-state index in [1.165, 1.54) is 0 Å². The minimum atomic E-state index is -0.159. The van der Waals surface area contributed by atoms with E-state index in [1.54, 1.807) is 6.08 Å². The highest BCUT2D eigenvalue weighted by Crippen LogP contribution is 1.63. The number of rotatable bonds is 4. The summed E-state index contributed by atoms with van der Waals surface area (Å²) in [4.78, 5) is 4.51. The van der Waals surface area contributed by atoms with Gasteiger partial charge in [-0.15, -0.1) is 6.58 Å². The van der Waals surface area contributed by atoms with Crippen molar-refractivity contribution in [2.45, 2.75) is 0 Å². The van der Waals surface area contributed by atoms with Gasteiger partial charge in [0.2, 0.25) is 0 Å². The maximum atomic E-state index is 8.02. The fourth-order valence-corrected chi connectivity index (χ4v) is 0.163. The molecule has 0 unspecified atom stereocenters. The first-order chi connectivity index (χ1) is 3.41. The summed E-state index contributed by atoms with van der Waals surface area (Å²) in [6, 6.07) is 0. The second kappa shape index (κ2) is 5.62. The zero-order valence-electron chi connectivity index (χ0n) is 4.05. The first kappa shape index (κ1) is 6.62. The molecule has 0 atom stereocenters. The number of hydrogen-bond donors (Lipinski definition) is 2. The maximum absolute atomic E-state index is 8.02. The molecule has 0 heterocycles. The molecule has 0 aliphatic heterocycles. The highest BCUT2D eigenvalue weighted by molar-refractivity contribution is 4.62. The topological polar surface area (TPSA) is 41.5 Å². The molecule has 0 fully saturated rings. The molecule has 0 aliphatic rings. The molecule has 0 aromatic rings. The van der Waals surface area contributed by atoms with E-state index < -0.39 is 0 Å². The van der Waals surface area contributed by atoms with Gasteiger partial charge in [-0.3, -0.25) is 4.84 Å². The fourth-order valence-electron chi connectivity index (χ4n) is 0.163. The Morgan fingerprint density at radius 1 is 1.86 bits per heavy atom. The summed E-state index contributed by atoms with van der Waals surface area (Å²) < 4.78 is 0. The van der Waals surface area contributed by atoms with Crippen molar-refractivity contribution in [3.8, 4) is 0 Å². The Kier molecular flexibility index (Phi) is 5.31. The third-order valence-corrected chi connectivity index (χ3v) is 0.368. The molecule has 0 saturated heterocycles. The number of hydrogen-bond acceptors (Lipinski definition) is 3. The van der Waals surface area contributed by atoms with Gasteiger partial charge >= 0.3 is 0 Å². The number of hydroxylamine groups is 1. The molecular formula is C4H9NO2. The predicted molar refractivity (Wildman–Crippen MR) is 26.4 cm³/mol. The van der Waals surface area contributed by atoms with Gasteiger partial charge in [-0.1, -0.05) is 6.08 Å². The summed E-state index contributed by atoms with van der Waals surface area (Å²) >= 11 is 0. The van der Waals surface area contributed by atoms with Gasteiger partial charge in [-0.25, -0.2) is 0 Å². The third kappa shape index (κ3) is 5.62. The van der Waals surface area contributed by atoms with E-state index in [0.717, 1.165) is 0 Å². The molecule has 0 aromatic heterocycles. The van der Waals surface area contributed by atoms with Crippen molar-refractivity contribution >= 4 is 0 Å². The quantitative estimate of drug-likeness (QED) is 0.221. The Labute approximate surface area is 42.6 Å². The highest BCUT2D eigenvalue weighted by atomic mass is 16.7. The summed E-state index contributed by atoms with van der Waals surface area (Å²) in [7, 11) is 0. The van der Waals surface area contributed by atoms with Crippen LogP contribution in [0.25, 0.3) is 0 Å². The Morgan fingerprint density at radius 2 is 2.57 bits per heavy atom. The van der Waals surface area contributed by atoms with Gasteiger partial charge < -0.3 is 5.11 Å². The Balaban J connectivity index is 2.56. The van der Waals surface area contributed by atoms with E-state index in [-0.39, 0.29) is 6.73 Å².